The quantitative estimate of drug-likeness (QED) is 0.761. The van der Waals surface area contributed by atoms with E-state index in [0.29, 0.717) is 13.1 Å². The van der Waals surface area contributed by atoms with Gasteiger partial charge in [-0.25, -0.2) is 4.31 Å². The van der Waals surface area contributed by atoms with Crippen LogP contribution >= 0.6 is 12.8 Å². The van der Waals surface area contributed by atoms with E-state index in [0.717, 1.165) is 12.0 Å². The van der Waals surface area contributed by atoms with Gasteiger partial charge in [0.05, 0.1) is 6.54 Å². The van der Waals surface area contributed by atoms with Crippen molar-refractivity contribution in [3.8, 4) is 0 Å². The molecule has 3 nitrogen and oxygen atoms in total. The van der Waals surface area contributed by atoms with Gasteiger partial charge in [-0.15, -0.1) is 0 Å². The fourth-order valence-electron chi connectivity index (χ4n) is 1.44. The Labute approximate surface area is 109 Å². The van der Waals surface area contributed by atoms with Crippen LogP contribution < -0.4 is 5.32 Å². The number of hydrogen-bond donors (Lipinski definition) is 2. The van der Waals surface area contributed by atoms with Crippen LogP contribution in [0.2, 0.25) is 0 Å². The highest BCUT2D eigenvalue weighted by atomic mass is 32.1. The Kier molecular flexibility index (Phi) is 6.08. The molecule has 1 aromatic rings. The van der Waals surface area contributed by atoms with Crippen molar-refractivity contribution >= 4 is 18.7 Å². The molecule has 0 aliphatic heterocycles. The fourth-order valence-corrected chi connectivity index (χ4v) is 1.73. The van der Waals surface area contributed by atoms with Crippen LogP contribution in [0.25, 0.3) is 0 Å². The maximum absolute atomic E-state index is 11.6. The molecule has 0 aromatic heterocycles. The van der Waals surface area contributed by atoms with Crippen LogP contribution in [0.15, 0.2) is 30.3 Å². The number of rotatable bonds is 6. The normalized spacial score (nSPS) is 12.5. The van der Waals surface area contributed by atoms with E-state index in [4.69, 9.17) is 0 Å². The topological polar surface area (TPSA) is 32.3 Å². The standard InChI is InChI=1S/C13H20N2OS/c1-3-11(2)14-13(16)10-15(17)9-12-7-5-4-6-8-12/h4-8,11,17H,3,9-10H2,1-2H3,(H,14,16). The van der Waals surface area contributed by atoms with Gasteiger partial charge in [-0.1, -0.05) is 50.1 Å². The summed E-state index contributed by atoms with van der Waals surface area (Å²) in [7, 11) is 0. The summed E-state index contributed by atoms with van der Waals surface area (Å²) < 4.78 is 1.72. The van der Waals surface area contributed by atoms with Gasteiger partial charge in [-0.2, -0.15) is 0 Å². The maximum Gasteiger partial charge on any atom is 0.235 e. The van der Waals surface area contributed by atoms with E-state index >= 15 is 0 Å². The summed E-state index contributed by atoms with van der Waals surface area (Å²) in [6.07, 6.45) is 0.941. The van der Waals surface area contributed by atoms with Gasteiger partial charge < -0.3 is 5.32 Å². The minimum atomic E-state index is 0.0188. The first-order chi connectivity index (χ1) is 8.11. The minimum absolute atomic E-state index is 0.0188. The second-order valence-electron chi connectivity index (χ2n) is 4.19. The second-order valence-corrected chi connectivity index (χ2v) is 4.75. The molecule has 0 saturated heterocycles. The van der Waals surface area contributed by atoms with Gasteiger partial charge in [0.25, 0.3) is 0 Å². The van der Waals surface area contributed by atoms with Crippen molar-refractivity contribution < 1.29 is 4.79 Å². The molecule has 0 fully saturated rings. The molecule has 0 saturated carbocycles. The predicted octanol–water partition coefficient (Wildman–Crippen LogP) is 2.25. The Balaban J connectivity index is 2.34. The summed E-state index contributed by atoms with van der Waals surface area (Å²) in [5.74, 6) is 0.0188. The predicted molar refractivity (Wildman–Crippen MR) is 73.7 cm³/mol. The summed E-state index contributed by atoms with van der Waals surface area (Å²) in [6, 6.07) is 10.2. The third-order valence-corrected chi connectivity index (χ3v) is 2.84. The van der Waals surface area contributed by atoms with E-state index in [9.17, 15) is 4.79 Å². The van der Waals surface area contributed by atoms with Crippen molar-refractivity contribution in [1.82, 2.24) is 9.62 Å². The van der Waals surface area contributed by atoms with E-state index in [2.05, 4.69) is 18.1 Å². The van der Waals surface area contributed by atoms with Crippen LogP contribution in [0.3, 0.4) is 0 Å². The monoisotopic (exact) mass is 252 g/mol. The first kappa shape index (κ1) is 14.1. The van der Waals surface area contributed by atoms with E-state index < -0.39 is 0 Å². The molecular formula is C13H20N2OS. The van der Waals surface area contributed by atoms with E-state index in [1.54, 1.807) is 4.31 Å². The second kappa shape index (κ2) is 7.35. The van der Waals surface area contributed by atoms with E-state index in [1.165, 1.54) is 0 Å². The Morgan fingerprint density at radius 2 is 2.06 bits per heavy atom. The molecule has 1 aromatic carbocycles. The molecule has 0 aliphatic carbocycles. The Morgan fingerprint density at radius 1 is 1.41 bits per heavy atom. The number of hydrogen-bond acceptors (Lipinski definition) is 3. The molecule has 1 amide bonds. The number of thiol groups is 1. The summed E-state index contributed by atoms with van der Waals surface area (Å²) in [4.78, 5) is 11.6. The molecule has 4 heteroatoms. The van der Waals surface area contributed by atoms with E-state index in [-0.39, 0.29) is 11.9 Å². The van der Waals surface area contributed by atoms with Gasteiger partial charge in [0, 0.05) is 12.6 Å². The van der Waals surface area contributed by atoms with Crippen LogP contribution in [0.1, 0.15) is 25.8 Å². The summed E-state index contributed by atoms with van der Waals surface area (Å²) in [6.45, 7) is 5.02. The van der Waals surface area contributed by atoms with Crippen LogP contribution in [0.5, 0.6) is 0 Å². The van der Waals surface area contributed by atoms with Crippen molar-refractivity contribution in [2.45, 2.75) is 32.9 Å². The SMILES string of the molecule is CCC(C)NC(=O)CN(S)Cc1ccccc1. The largest absolute Gasteiger partial charge is 0.353 e. The van der Waals surface area contributed by atoms with Crippen molar-refractivity contribution in [1.29, 1.82) is 0 Å². The number of carbonyl (C=O) groups excluding carboxylic acids is 1. The maximum atomic E-state index is 11.6. The third kappa shape index (κ3) is 5.75. The van der Waals surface area contributed by atoms with Crippen molar-refractivity contribution in [3.05, 3.63) is 35.9 Å². The zero-order valence-electron chi connectivity index (χ0n) is 10.4. The summed E-state index contributed by atoms with van der Waals surface area (Å²) >= 11 is 4.30. The third-order valence-electron chi connectivity index (χ3n) is 2.55. The highest BCUT2D eigenvalue weighted by Gasteiger charge is 2.09. The molecule has 0 heterocycles. The van der Waals surface area contributed by atoms with Gasteiger partial charge in [0.15, 0.2) is 0 Å². The minimum Gasteiger partial charge on any atom is -0.353 e. The van der Waals surface area contributed by atoms with Gasteiger partial charge in [0.1, 0.15) is 0 Å². The van der Waals surface area contributed by atoms with Crippen molar-refractivity contribution in [2.24, 2.45) is 0 Å². The first-order valence-electron chi connectivity index (χ1n) is 5.89. The first-order valence-corrected chi connectivity index (χ1v) is 6.29. The number of carbonyl (C=O) groups is 1. The summed E-state index contributed by atoms with van der Waals surface area (Å²) in [5, 5.41) is 2.92. The molecule has 17 heavy (non-hydrogen) atoms. The molecule has 0 aliphatic rings. The fraction of sp³-hybridized carbons (Fsp3) is 0.462. The number of benzene rings is 1. The van der Waals surface area contributed by atoms with Crippen molar-refractivity contribution in [3.63, 3.8) is 0 Å². The van der Waals surface area contributed by atoms with Gasteiger partial charge in [-0.05, 0) is 18.9 Å². The van der Waals surface area contributed by atoms with Gasteiger partial charge >= 0.3 is 0 Å². The molecule has 94 valence electrons. The molecule has 0 bridgehead atoms. The van der Waals surface area contributed by atoms with Gasteiger partial charge in [-0.3, -0.25) is 4.79 Å². The summed E-state index contributed by atoms with van der Waals surface area (Å²) in [5.41, 5.74) is 1.15. The lowest BCUT2D eigenvalue weighted by atomic mass is 10.2. The molecule has 1 atom stereocenters. The van der Waals surface area contributed by atoms with Crippen LogP contribution in [0.4, 0.5) is 0 Å². The van der Waals surface area contributed by atoms with E-state index in [1.807, 2.05) is 44.2 Å². The number of amides is 1. The van der Waals surface area contributed by atoms with Gasteiger partial charge in [0.2, 0.25) is 5.91 Å². The molecule has 0 spiro atoms. The molecule has 1 unspecified atom stereocenters. The number of nitrogens with one attached hydrogen (secondary N) is 1. The Morgan fingerprint density at radius 3 is 2.65 bits per heavy atom. The lowest BCUT2D eigenvalue weighted by Gasteiger charge is -2.17. The smallest absolute Gasteiger partial charge is 0.235 e. The average molecular weight is 252 g/mol. The zero-order chi connectivity index (χ0) is 12.7. The average Bonchev–Trinajstić information content (AvgIpc) is 2.29. The molecular weight excluding hydrogens is 232 g/mol. The molecule has 1 rings (SSSR count). The van der Waals surface area contributed by atoms with Crippen LogP contribution in [-0.2, 0) is 11.3 Å². The highest BCUT2D eigenvalue weighted by Crippen LogP contribution is 2.05. The highest BCUT2D eigenvalue weighted by molar-refractivity contribution is 7.77. The van der Waals surface area contributed by atoms with Crippen molar-refractivity contribution in [2.75, 3.05) is 6.54 Å². The zero-order valence-corrected chi connectivity index (χ0v) is 11.3. The molecule has 0 radical (unpaired) electrons. The lowest BCUT2D eigenvalue weighted by Crippen LogP contribution is -2.37. The molecule has 1 N–H and O–H groups in total. The Hall–Kier alpha value is -1.00. The van der Waals surface area contributed by atoms with Crippen LogP contribution in [0, 0.1) is 0 Å². The number of nitrogens with zero attached hydrogens (tertiary/aromatic N) is 1. The van der Waals surface area contributed by atoms with Crippen LogP contribution in [-0.4, -0.2) is 22.8 Å². The Bertz CT molecular complexity index is 343. The lowest BCUT2D eigenvalue weighted by molar-refractivity contribution is -0.121.